The molecule has 0 aromatic heterocycles. The van der Waals surface area contributed by atoms with Crippen LogP contribution in [0.4, 0.5) is 0 Å². The minimum atomic E-state index is -2.53. The molecule has 0 fully saturated rings. The van der Waals surface area contributed by atoms with Crippen LogP contribution in [0.25, 0.3) is 0 Å². The Labute approximate surface area is 117 Å². The molecule has 0 spiro atoms. The highest BCUT2D eigenvalue weighted by molar-refractivity contribution is 7.74. The number of unbranched alkanes of at least 4 members (excludes halogenated alkanes) is 1. The number of ether oxygens (including phenoxy) is 1. The van der Waals surface area contributed by atoms with Gasteiger partial charge in [-0.25, -0.2) is 4.21 Å². The first-order valence-electron chi connectivity index (χ1n) is 6.66. The molecular formula is C14H21O4S-. The largest absolute Gasteiger partial charge is 0.740 e. The highest BCUT2D eigenvalue weighted by atomic mass is 32.2. The zero-order valence-corrected chi connectivity index (χ0v) is 12.3. The van der Waals surface area contributed by atoms with Crippen LogP contribution >= 0.6 is 0 Å². The van der Waals surface area contributed by atoms with Gasteiger partial charge in [0.25, 0.3) is 0 Å². The van der Waals surface area contributed by atoms with Gasteiger partial charge < -0.3 is 13.5 Å². The maximum absolute atomic E-state index is 10.4. The average Bonchev–Trinajstić information content (AvgIpc) is 2.40. The van der Waals surface area contributed by atoms with Crippen molar-refractivity contribution in [2.75, 3.05) is 6.61 Å². The third-order valence-corrected chi connectivity index (χ3v) is 3.35. The molecule has 0 aliphatic rings. The van der Waals surface area contributed by atoms with E-state index in [-0.39, 0.29) is 0 Å². The Bertz CT molecular complexity index is 378. The third-order valence-electron chi connectivity index (χ3n) is 3.02. The van der Waals surface area contributed by atoms with Gasteiger partial charge in [-0.1, -0.05) is 33.1 Å². The highest BCUT2D eigenvalue weighted by Gasteiger charge is 2.07. The first-order valence-corrected chi connectivity index (χ1v) is 7.66. The van der Waals surface area contributed by atoms with Gasteiger partial charge in [-0.05, 0) is 36.6 Å². The van der Waals surface area contributed by atoms with E-state index >= 15 is 0 Å². The summed E-state index contributed by atoms with van der Waals surface area (Å²) in [7, 11) is 0. The van der Waals surface area contributed by atoms with E-state index in [9.17, 15) is 8.76 Å². The molecule has 0 heterocycles. The van der Waals surface area contributed by atoms with Crippen LogP contribution in [0.5, 0.6) is 11.5 Å². The minimum absolute atomic E-state index is 0.290. The fraction of sp³-hybridized carbons (Fsp3) is 0.571. The predicted molar refractivity (Wildman–Crippen MR) is 74.8 cm³/mol. The number of hydrogen-bond donors (Lipinski definition) is 0. The molecule has 2 unspecified atom stereocenters. The minimum Gasteiger partial charge on any atom is -0.740 e. The highest BCUT2D eigenvalue weighted by Crippen LogP contribution is 2.20. The third kappa shape index (κ3) is 6.59. The summed E-state index contributed by atoms with van der Waals surface area (Å²) in [6, 6.07) is 6.60. The van der Waals surface area contributed by atoms with Crippen LogP contribution in [-0.4, -0.2) is 15.4 Å². The standard InChI is InChI=1S/C14H22O4S/c1-3-5-6-12(4-2)11-17-13-7-9-14(10-8-13)18-19(15)16/h7-10,12H,3-6,11H2,1-2H3,(H,15,16)/p-1. The topological polar surface area (TPSA) is 58.6 Å². The van der Waals surface area contributed by atoms with E-state index in [0.29, 0.717) is 18.3 Å². The summed E-state index contributed by atoms with van der Waals surface area (Å²) >= 11 is -2.53. The molecule has 0 saturated carbocycles. The summed E-state index contributed by atoms with van der Waals surface area (Å²) in [5.74, 6) is 1.60. The van der Waals surface area contributed by atoms with Gasteiger partial charge in [0.05, 0.1) is 6.61 Å². The molecule has 1 aromatic rings. The Hall–Kier alpha value is -1.07. The van der Waals surface area contributed by atoms with Crippen molar-refractivity contribution < 1.29 is 17.7 Å². The lowest BCUT2D eigenvalue weighted by molar-refractivity contribution is 0.233. The van der Waals surface area contributed by atoms with Crippen molar-refractivity contribution in [2.24, 2.45) is 5.92 Å². The van der Waals surface area contributed by atoms with Crippen LogP contribution in [0.2, 0.25) is 0 Å². The number of benzene rings is 1. The second-order valence-corrected chi connectivity index (χ2v) is 5.06. The first kappa shape index (κ1) is 16.0. The van der Waals surface area contributed by atoms with Crippen LogP contribution < -0.4 is 8.92 Å². The van der Waals surface area contributed by atoms with E-state index in [2.05, 4.69) is 18.0 Å². The SMILES string of the molecule is CCCCC(CC)COc1ccc(OS(=O)[O-])cc1. The van der Waals surface area contributed by atoms with Crippen molar-refractivity contribution in [3.8, 4) is 11.5 Å². The summed E-state index contributed by atoms with van der Waals surface area (Å²) in [6.07, 6.45) is 4.72. The quantitative estimate of drug-likeness (QED) is 0.652. The number of rotatable bonds is 9. The van der Waals surface area contributed by atoms with Crippen molar-refractivity contribution in [3.63, 3.8) is 0 Å². The molecule has 5 heteroatoms. The summed E-state index contributed by atoms with van der Waals surface area (Å²) < 4.78 is 30.9. The molecule has 0 saturated heterocycles. The second kappa shape index (κ2) is 8.93. The summed E-state index contributed by atoms with van der Waals surface area (Å²) in [5.41, 5.74) is 0. The van der Waals surface area contributed by atoms with Crippen molar-refractivity contribution in [1.82, 2.24) is 0 Å². The summed E-state index contributed by atoms with van der Waals surface area (Å²) in [6.45, 7) is 5.06. The van der Waals surface area contributed by atoms with E-state index in [1.165, 1.54) is 19.3 Å². The molecule has 0 radical (unpaired) electrons. The monoisotopic (exact) mass is 285 g/mol. The maximum atomic E-state index is 10.4. The van der Waals surface area contributed by atoms with E-state index < -0.39 is 11.4 Å². The van der Waals surface area contributed by atoms with Crippen LogP contribution in [-0.2, 0) is 11.4 Å². The smallest absolute Gasteiger partial charge is 0.139 e. The Morgan fingerprint density at radius 2 is 1.84 bits per heavy atom. The van der Waals surface area contributed by atoms with E-state index in [1.807, 2.05) is 0 Å². The lowest BCUT2D eigenvalue weighted by atomic mass is 10.0. The summed E-state index contributed by atoms with van der Waals surface area (Å²) in [4.78, 5) is 0. The van der Waals surface area contributed by atoms with Crippen LogP contribution in [0, 0.1) is 5.92 Å². The molecule has 0 bridgehead atoms. The zero-order valence-electron chi connectivity index (χ0n) is 11.5. The Kier molecular flexibility index (Phi) is 7.52. The van der Waals surface area contributed by atoms with Crippen LogP contribution in [0.1, 0.15) is 39.5 Å². The second-order valence-electron chi connectivity index (χ2n) is 4.49. The molecule has 1 rings (SSSR count). The van der Waals surface area contributed by atoms with E-state index in [4.69, 9.17) is 4.74 Å². The van der Waals surface area contributed by atoms with Crippen molar-refractivity contribution >= 4 is 11.4 Å². The molecule has 4 nitrogen and oxygen atoms in total. The Morgan fingerprint density at radius 1 is 1.21 bits per heavy atom. The van der Waals surface area contributed by atoms with Gasteiger partial charge in [0.1, 0.15) is 22.9 Å². The lowest BCUT2D eigenvalue weighted by Gasteiger charge is -2.15. The van der Waals surface area contributed by atoms with Crippen molar-refractivity contribution in [1.29, 1.82) is 0 Å². The van der Waals surface area contributed by atoms with Gasteiger partial charge in [-0.2, -0.15) is 0 Å². The normalized spacial score (nSPS) is 13.8. The van der Waals surface area contributed by atoms with Crippen molar-refractivity contribution in [3.05, 3.63) is 24.3 Å². The zero-order chi connectivity index (χ0) is 14.1. The fourth-order valence-corrected chi connectivity index (χ4v) is 2.05. The fourth-order valence-electron chi connectivity index (χ4n) is 1.78. The van der Waals surface area contributed by atoms with Gasteiger partial charge in [-0.15, -0.1) is 0 Å². The predicted octanol–water partition coefficient (Wildman–Crippen LogP) is 3.45. The van der Waals surface area contributed by atoms with Crippen molar-refractivity contribution in [2.45, 2.75) is 39.5 Å². The van der Waals surface area contributed by atoms with Gasteiger partial charge in [0.15, 0.2) is 0 Å². The summed E-state index contributed by atoms with van der Waals surface area (Å²) in [5, 5.41) is 0. The Balaban J connectivity index is 2.41. The first-order chi connectivity index (χ1) is 9.15. The molecule has 1 aromatic carbocycles. The average molecular weight is 285 g/mol. The lowest BCUT2D eigenvalue weighted by Crippen LogP contribution is -2.11. The van der Waals surface area contributed by atoms with Gasteiger partial charge in [0, 0.05) is 0 Å². The molecule has 0 aliphatic carbocycles. The molecule has 19 heavy (non-hydrogen) atoms. The molecule has 108 valence electrons. The van der Waals surface area contributed by atoms with Gasteiger partial charge in [0.2, 0.25) is 0 Å². The Morgan fingerprint density at radius 3 is 2.37 bits per heavy atom. The molecular weight excluding hydrogens is 264 g/mol. The van der Waals surface area contributed by atoms with Gasteiger partial charge >= 0.3 is 0 Å². The van der Waals surface area contributed by atoms with Crippen LogP contribution in [0.15, 0.2) is 24.3 Å². The molecule has 2 atom stereocenters. The van der Waals surface area contributed by atoms with Gasteiger partial charge in [-0.3, -0.25) is 0 Å². The molecule has 0 amide bonds. The van der Waals surface area contributed by atoms with E-state index in [0.717, 1.165) is 12.2 Å². The number of hydrogen-bond acceptors (Lipinski definition) is 4. The maximum Gasteiger partial charge on any atom is 0.139 e. The molecule has 0 N–H and O–H groups in total. The molecule has 0 aliphatic heterocycles. The van der Waals surface area contributed by atoms with E-state index in [1.54, 1.807) is 24.3 Å². The van der Waals surface area contributed by atoms with Crippen LogP contribution in [0.3, 0.4) is 0 Å².